The predicted octanol–water partition coefficient (Wildman–Crippen LogP) is 4.78. The number of methoxy groups -OCH3 is 1. The summed E-state index contributed by atoms with van der Waals surface area (Å²) in [5.41, 5.74) is 0.897. The smallest absolute Gasteiger partial charge is 0.290 e. The maximum atomic E-state index is 13.3. The number of hydrogen-bond donors (Lipinski definition) is 0. The van der Waals surface area contributed by atoms with Crippen molar-refractivity contribution >= 4 is 11.8 Å². The number of rotatable bonds is 6. The van der Waals surface area contributed by atoms with Gasteiger partial charge in [-0.05, 0) is 49.4 Å². The van der Waals surface area contributed by atoms with Gasteiger partial charge < -0.3 is 23.7 Å². The summed E-state index contributed by atoms with van der Waals surface area (Å²) in [6, 6.07) is 20.4. The zero-order valence-electron chi connectivity index (χ0n) is 19.9. The maximum Gasteiger partial charge on any atom is 0.290 e. The second-order valence-electron chi connectivity index (χ2n) is 9.12. The Morgan fingerprint density at radius 3 is 2.60 bits per heavy atom. The summed E-state index contributed by atoms with van der Waals surface area (Å²) in [6.07, 6.45) is 3.01. The number of furan rings is 1. The van der Waals surface area contributed by atoms with Gasteiger partial charge in [-0.15, -0.1) is 0 Å². The van der Waals surface area contributed by atoms with Crippen LogP contribution in [0.3, 0.4) is 0 Å². The molecule has 3 aromatic rings. The Morgan fingerprint density at radius 1 is 0.971 bits per heavy atom. The van der Waals surface area contributed by atoms with E-state index in [1.165, 1.54) is 0 Å². The highest BCUT2D eigenvalue weighted by Crippen LogP contribution is 2.33. The molecule has 0 unspecified atom stereocenters. The molecule has 0 saturated carbocycles. The van der Waals surface area contributed by atoms with Crippen molar-refractivity contribution in [3.8, 4) is 17.4 Å². The summed E-state index contributed by atoms with van der Waals surface area (Å²) in [5, 5.41) is 0. The second-order valence-corrected chi connectivity index (χ2v) is 9.12. The molecule has 2 aromatic carbocycles. The molecule has 2 aliphatic rings. The monoisotopic (exact) mass is 474 g/mol. The lowest BCUT2D eigenvalue weighted by atomic mass is 9.83. The van der Waals surface area contributed by atoms with Gasteiger partial charge in [0.2, 0.25) is 5.91 Å². The fourth-order valence-electron chi connectivity index (χ4n) is 5.24. The van der Waals surface area contributed by atoms with Crippen molar-refractivity contribution in [3.63, 3.8) is 0 Å². The molecule has 0 N–H and O–H groups in total. The lowest BCUT2D eigenvalue weighted by Gasteiger charge is -2.47. The Labute approximate surface area is 205 Å². The molecule has 0 radical (unpaired) electrons. The molecule has 5 rings (SSSR count). The summed E-state index contributed by atoms with van der Waals surface area (Å²) in [5.74, 6) is 2.22. The van der Waals surface area contributed by atoms with Gasteiger partial charge in [0.1, 0.15) is 11.5 Å². The van der Waals surface area contributed by atoms with Gasteiger partial charge in [-0.3, -0.25) is 9.59 Å². The number of ether oxygens (including phenoxy) is 2. The summed E-state index contributed by atoms with van der Waals surface area (Å²) >= 11 is 0. The minimum absolute atomic E-state index is 0.102. The molecule has 2 aliphatic heterocycles. The van der Waals surface area contributed by atoms with Gasteiger partial charge in [-0.2, -0.15) is 0 Å². The summed E-state index contributed by atoms with van der Waals surface area (Å²) in [7, 11) is 1.62. The molecule has 1 aromatic heterocycles. The van der Waals surface area contributed by atoms with Gasteiger partial charge in [0.05, 0.1) is 13.5 Å². The summed E-state index contributed by atoms with van der Waals surface area (Å²) < 4.78 is 16.9. The summed E-state index contributed by atoms with van der Waals surface area (Å²) in [6.45, 7) is 2.01. The van der Waals surface area contributed by atoms with Crippen molar-refractivity contribution in [2.45, 2.75) is 31.7 Å². The average molecular weight is 475 g/mol. The number of hydrogen-bond acceptors (Lipinski definition) is 5. The Hall–Kier alpha value is -3.74. The van der Waals surface area contributed by atoms with Crippen LogP contribution in [0, 0.1) is 5.92 Å². The molecule has 2 atom stereocenters. The first-order valence-electron chi connectivity index (χ1n) is 12.2. The lowest BCUT2D eigenvalue weighted by Crippen LogP contribution is -2.56. The molecule has 182 valence electrons. The van der Waals surface area contributed by atoms with Crippen molar-refractivity contribution in [2.24, 2.45) is 5.92 Å². The molecule has 0 aliphatic carbocycles. The number of para-hydroxylation sites is 2. The van der Waals surface area contributed by atoms with E-state index in [1.54, 1.807) is 19.2 Å². The van der Waals surface area contributed by atoms with Gasteiger partial charge in [0.25, 0.3) is 11.9 Å². The average Bonchev–Trinajstić information content (AvgIpc) is 3.37. The van der Waals surface area contributed by atoms with Gasteiger partial charge in [-0.25, -0.2) is 0 Å². The van der Waals surface area contributed by atoms with E-state index in [4.69, 9.17) is 13.9 Å². The molecule has 0 spiro atoms. The van der Waals surface area contributed by atoms with Crippen molar-refractivity contribution in [1.82, 2.24) is 9.80 Å². The van der Waals surface area contributed by atoms with Gasteiger partial charge >= 0.3 is 0 Å². The fourth-order valence-corrected chi connectivity index (χ4v) is 5.24. The van der Waals surface area contributed by atoms with Crippen LogP contribution in [0.4, 0.5) is 0 Å². The molecular formula is C28H30N2O5. The Kier molecular flexibility index (Phi) is 6.75. The third-order valence-electron chi connectivity index (χ3n) is 6.97. The largest absolute Gasteiger partial charge is 0.496 e. The molecule has 35 heavy (non-hydrogen) atoms. The number of amides is 2. The molecule has 2 fully saturated rings. The zero-order chi connectivity index (χ0) is 24.2. The van der Waals surface area contributed by atoms with E-state index in [0.717, 1.165) is 30.6 Å². The quantitative estimate of drug-likeness (QED) is 0.514. The van der Waals surface area contributed by atoms with E-state index in [2.05, 4.69) is 0 Å². The Bertz CT molecular complexity index is 1170. The predicted molar refractivity (Wildman–Crippen MR) is 131 cm³/mol. The van der Waals surface area contributed by atoms with Crippen LogP contribution in [0.1, 0.15) is 35.4 Å². The van der Waals surface area contributed by atoms with E-state index in [1.807, 2.05) is 64.4 Å². The SMILES string of the molecule is COc1ccccc1CC(=O)N1CC[C@H]2[C@@H](CCCN2C(=O)c2ccc(Oc3ccccc3)o2)C1. The van der Waals surface area contributed by atoms with E-state index >= 15 is 0 Å². The first-order valence-corrected chi connectivity index (χ1v) is 12.2. The van der Waals surface area contributed by atoms with Crippen LogP contribution in [0.15, 0.2) is 71.1 Å². The topological polar surface area (TPSA) is 72.2 Å². The van der Waals surface area contributed by atoms with E-state index < -0.39 is 0 Å². The highest BCUT2D eigenvalue weighted by molar-refractivity contribution is 5.92. The first-order chi connectivity index (χ1) is 17.1. The maximum absolute atomic E-state index is 13.3. The van der Waals surface area contributed by atoms with Crippen molar-refractivity contribution < 1.29 is 23.5 Å². The van der Waals surface area contributed by atoms with E-state index in [0.29, 0.717) is 37.8 Å². The number of benzene rings is 2. The highest BCUT2D eigenvalue weighted by atomic mass is 16.6. The van der Waals surface area contributed by atoms with Gasteiger partial charge in [-0.1, -0.05) is 36.4 Å². The molecule has 2 saturated heterocycles. The minimum Gasteiger partial charge on any atom is -0.496 e. The van der Waals surface area contributed by atoms with Crippen LogP contribution >= 0.6 is 0 Å². The third-order valence-corrected chi connectivity index (χ3v) is 6.97. The number of nitrogens with zero attached hydrogens (tertiary/aromatic N) is 2. The van der Waals surface area contributed by atoms with Crippen LogP contribution in [-0.2, 0) is 11.2 Å². The number of carbonyl (C=O) groups excluding carboxylic acids is 2. The molecule has 2 amide bonds. The number of likely N-dealkylation sites (tertiary alicyclic amines) is 2. The van der Waals surface area contributed by atoms with Crippen molar-refractivity contribution in [3.05, 3.63) is 78.1 Å². The third kappa shape index (κ3) is 5.04. The Morgan fingerprint density at radius 2 is 1.77 bits per heavy atom. The number of fused-ring (bicyclic) bond motifs is 1. The minimum atomic E-state index is -0.114. The van der Waals surface area contributed by atoms with Crippen LogP contribution < -0.4 is 9.47 Å². The normalized spacial score (nSPS) is 19.7. The van der Waals surface area contributed by atoms with Gasteiger partial charge in [0, 0.05) is 37.3 Å². The molecule has 7 nitrogen and oxygen atoms in total. The van der Waals surface area contributed by atoms with E-state index in [-0.39, 0.29) is 29.5 Å². The Balaban J connectivity index is 1.22. The molecule has 3 heterocycles. The van der Waals surface area contributed by atoms with Gasteiger partial charge in [0.15, 0.2) is 5.76 Å². The van der Waals surface area contributed by atoms with Crippen LogP contribution in [0.2, 0.25) is 0 Å². The van der Waals surface area contributed by atoms with Crippen molar-refractivity contribution in [2.75, 3.05) is 26.7 Å². The lowest BCUT2D eigenvalue weighted by molar-refractivity contribution is -0.133. The second kappa shape index (κ2) is 10.3. The molecule has 0 bridgehead atoms. The highest BCUT2D eigenvalue weighted by Gasteiger charge is 2.40. The number of carbonyl (C=O) groups is 2. The summed E-state index contributed by atoms with van der Waals surface area (Å²) in [4.78, 5) is 30.3. The fraction of sp³-hybridized carbons (Fsp3) is 0.357. The number of piperidine rings is 2. The van der Waals surface area contributed by atoms with Crippen molar-refractivity contribution in [1.29, 1.82) is 0 Å². The molecular weight excluding hydrogens is 444 g/mol. The first kappa shape index (κ1) is 23.0. The van der Waals surface area contributed by atoms with E-state index in [9.17, 15) is 9.59 Å². The van der Waals surface area contributed by atoms with Crippen LogP contribution in [0.5, 0.6) is 17.4 Å². The van der Waals surface area contributed by atoms with Crippen LogP contribution in [0.25, 0.3) is 0 Å². The van der Waals surface area contributed by atoms with Crippen LogP contribution in [-0.4, -0.2) is 54.4 Å². The zero-order valence-corrected chi connectivity index (χ0v) is 19.9. The molecule has 7 heteroatoms. The standard InChI is InChI=1S/C28H30N2O5/c1-33-24-12-6-5-8-20(24)18-26(31)29-17-15-23-21(19-29)9-7-16-30(23)28(32)25-13-14-27(35-25)34-22-10-3-2-4-11-22/h2-6,8,10-14,21,23H,7,9,15-19H2,1H3/t21-,23-/m0/s1.